The Morgan fingerprint density at radius 1 is 0.500 bits per heavy atom. The smallest absolute Gasteiger partial charge is 0.329 e. The minimum atomic E-state index is -0.974. The van der Waals surface area contributed by atoms with Crippen LogP contribution in [0.5, 0.6) is 11.5 Å². The number of hydrogen-bond acceptors (Lipinski definition) is 15. The van der Waals surface area contributed by atoms with Gasteiger partial charge in [-0.25, -0.2) is 19.2 Å². The summed E-state index contributed by atoms with van der Waals surface area (Å²) in [5, 5.41) is 18.6. The molecule has 4 N–H and O–H groups in total. The van der Waals surface area contributed by atoms with E-state index in [-0.39, 0.29) is 60.9 Å². The number of ether oxygens (including phenoxy) is 8. The Kier molecular flexibility index (Phi) is 35.1. The van der Waals surface area contributed by atoms with Crippen molar-refractivity contribution in [2.45, 2.75) is 205 Å². The number of rotatable bonds is 30. The summed E-state index contributed by atoms with van der Waals surface area (Å²) < 4.78 is 46.5. The second kappa shape index (κ2) is 43.9. The van der Waals surface area contributed by atoms with E-state index in [9.17, 15) is 33.9 Å². The van der Waals surface area contributed by atoms with Gasteiger partial charge in [-0.3, -0.25) is 19.4 Å². The lowest BCUT2D eigenvalue weighted by Gasteiger charge is -2.35. The average molecular weight is 1480 g/mol. The fourth-order valence-corrected chi connectivity index (χ4v) is 13.1. The first-order valence-corrected chi connectivity index (χ1v) is 37.4. The Bertz CT molecular complexity index is 3590. The predicted octanol–water partition coefficient (Wildman–Crippen LogP) is 14.8. The number of anilines is 2. The zero-order valence-corrected chi connectivity index (χ0v) is 64.0. The minimum Gasteiger partial charge on any atom is -0.489 e. The van der Waals surface area contributed by atoms with Crippen molar-refractivity contribution in [3.8, 4) is 11.5 Å². The first-order valence-electron chi connectivity index (χ1n) is 37.4. The van der Waals surface area contributed by atoms with Crippen LogP contribution in [0.15, 0.2) is 170 Å². The molecular weight excluding hydrogens is 1370 g/mol. The fourth-order valence-electron chi connectivity index (χ4n) is 13.1. The van der Waals surface area contributed by atoms with Gasteiger partial charge in [-0.1, -0.05) is 172 Å². The van der Waals surface area contributed by atoms with E-state index in [2.05, 4.69) is 28.1 Å². The van der Waals surface area contributed by atoms with E-state index in [4.69, 9.17) is 37.9 Å². The molecule has 4 aliphatic rings. The van der Waals surface area contributed by atoms with Crippen molar-refractivity contribution in [1.29, 1.82) is 0 Å². The Hall–Kier alpha value is -8.57. The SMILES string of the molecule is CC(C)(C)OC(=O)[C@@H]1CC(OCCCOCc2ccccc2)CN1.CN(C(=O)N[C@H](C(=O)N1CC(OCCCOCc2ccccc2)C[C@H]1C(=O)OC(C)(C)C)C1CCCCC1)c1cccc(OCc2ccccc2)c1.CN(C(=O)N[C@H](C(=O)O)C1CCCCC1)c1cccc(OCc2ccccc2)c1.Cl. The number of urea groups is 2. The van der Waals surface area contributed by atoms with Gasteiger partial charge in [-0.2, -0.15) is 0 Å². The molecule has 0 aromatic heterocycles. The minimum absolute atomic E-state index is 0. The van der Waals surface area contributed by atoms with Crippen LogP contribution in [0.4, 0.5) is 21.0 Å². The van der Waals surface area contributed by atoms with E-state index in [0.717, 1.165) is 87.3 Å². The van der Waals surface area contributed by atoms with Crippen molar-refractivity contribution >= 4 is 59.7 Å². The summed E-state index contributed by atoms with van der Waals surface area (Å²) in [5.74, 6) is -0.698. The van der Waals surface area contributed by atoms with E-state index in [1.54, 1.807) is 31.1 Å². The molecule has 2 saturated carbocycles. The molecule has 10 rings (SSSR count). The summed E-state index contributed by atoms with van der Waals surface area (Å²) in [6.45, 7) is 16.3. The number of nitrogens with zero attached hydrogens (tertiary/aromatic N) is 3. The highest BCUT2D eigenvalue weighted by Crippen LogP contribution is 2.33. The molecule has 2 heterocycles. The number of nitrogens with one attached hydrogen (secondary N) is 3. The lowest BCUT2D eigenvalue weighted by molar-refractivity contribution is -0.163. The third kappa shape index (κ3) is 29.3. The third-order valence-corrected chi connectivity index (χ3v) is 18.7. The molecule has 0 radical (unpaired) electrons. The number of aliphatic carboxylic acids is 1. The van der Waals surface area contributed by atoms with E-state index in [1.165, 1.54) is 15.4 Å². The second-order valence-corrected chi connectivity index (χ2v) is 29.4. The molecule has 2 saturated heterocycles. The van der Waals surface area contributed by atoms with Crippen LogP contribution in [-0.2, 0) is 74.0 Å². The molecule has 21 nitrogen and oxygen atoms in total. The summed E-state index contributed by atoms with van der Waals surface area (Å²) >= 11 is 0. The predicted molar refractivity (Wildman–Crippen MR) is 413 cm³/mol. The van der Waals surface area contributed by atoms with Gasteiger partial charge < -0.3 is 63.9 Å². The number of likely N-dealkylation sites (tertiary alicyclic amines) is 1. The molecule has 6 atom stereocenters. The summed E-state index contributed by atoms with van der Waals surface area (Å²) in [6, 6.07) is 50.9. The van der Waals surface area contributed by atoms with Gasteiger partial charge in [-0.05, 0) is 138 Å². The van der Waals surface area contributed by atoms with E-state index >= 15 is 0 Å². The Morgan fingerprint density at radius 3 is 1.34 bits per heavy atom. The maximum atomic E-state index is 14.6. The van der Waals surface area contributed by atoms with Gasteiger partial charge in [0.15, 0.2) is 0 Å². The number of benzene rings is 6. The number of esters is 2. The molecule has 6 aromatic carbocycles. The monoisotopic (exact) mass is 1480 g/mol. The van der Waals surface area contributed by atoms with Crippen LogP contribution >= 0.6 is 12.4 Å². The maximum Gasteiger partial charge on any atom is 0.329 e. The van der Waals surface area contributed by atoms with E-state index in [1.807, 2.05) is 187 Å². The van der Waals surface area contributed by atoms with Gasteiger partial charge >= 0.3 is 30.0 Å². The van der Waals surface area contributed by atoms with Crippen LogP contribution in [0.3, 0.4) is 0 Å². The lowest BCUT2D eigenvalue weighted by atomic mass is 9.83. The van der Waals surface area contributed by atoms with Crippen molar-refractivity contribution in [1.82, 2.24) is 20.9 Å². The Labute approximate surface area is 633 Å². The summed E-state index contributed by atoms with van der Waals surface area (Å²) in [7, 11) is 3.31. The molecule has 2 aliphatic heterocycles. The number of carboxylic acids is 1. The Balaban J connectivity index is 0.000000244. The zero-order chi connectivity index (χ0) is 75.0. The third-order valence-electron chi connectivity index (χ3n) is 18.7. The number of carbonyl (C=O) groups excluding carboxylic acids is 5. The molecule has 22 heteroatoms. The molecule has 2 unspecified atom stereocenters. The first kappa shape index (κ1) is 84.7. The maximum absolute atomic E-state index is 14.6. The van der Waals surface area contributed by atoms with Crippen LogP contribution < -0.4 is 35.2 Å². The highest BCUT2D eigenvalue weighted by Gasteiger charge is 2.46. The van der Waals surface area contributed by atoms with E-state index in [0.29, 0.717) is 102 Å². The van der Waals surface area contributed by atoms with Gasteiger partial charge in [0, 0.05) is 90.0 Å². The van der Waals surface area contributed by atoms with Crippen LogP contribution in [0.2, 0.25) is 0 Å². The number of amides is 5. The number of hydrogen-bond donors (Lipinski definition) is 4. The molecule has 106 heavy (non-hydrogen) atoms. The quantitative estimate of drug-likeness (QED) is 0.0242. The molecule has 4 fully saturated rings. The van der Waals surface area contributed by atoms with Crippen molar-refractivity contribution in [2.75, 3.05) is 63.4 Å². The van der Waals surface area contributed by atoms with Gasteiger partial charge in [0.1, 0.15) is 60.1 Å². The second-order valence-electron chi connectivity index (χ2n) is 29.4. The van der Waals surface area contributed by atoms with Crippen LogP contribution in [-0.4, -0.2) is 147 Å². The highest BCUT2D eigenvalue weighted by atomic mass is 35.5. The summed E-state index contributed by atoms with van der Waals surface area (Å²) in [5.41, 5.74) is 4.49. The highest BCUT2D eigenvalue weighted by molar-refractivity contribution is 5.97. The molecule has 0 bridgehead atoms. The van der Waals surface area contributed by atoms with Crippen molar-refractivity contribution in [3.63, 3.8) is 0 Å². The van der Waals surface area contributed by atoms with Gasteiger partial charge in [-0.15, -0.1) is 12.4 Å². The normalized spacial score (nSPS) is 18.0. The lowest BCUT2D eigenvalue weighted by Crippen LogP contribution is -2.57. The zero-order valence-electron chi connectivity index (χ0n) is 63.2. The van der Waals surface area contributed by atoms with Crippen LogP contribution in [0.1, 0.15) is 154 Å². The molecular formula is C84H113ClN6O15. The van der Waals surface area contributed by atoms with Crippen molar-refractivity contribution < 1.29 is 71.8 Å². The standard InChI is InChI=1S/C42H55N3O7.C23H28N2O4.C19H29NO4.ClH/c1-42(2,3)52-40(47)37-27-36(50-25-15-24-49-29-31-16-8-5-9-17-31)28-45(37)39(46)38(33-20-12-7-13-21-33)43-41(48)44(4)34-22-14-23-35(26-34)51-30-32-18-10-6-11-19-32;1-25(23(28)24-21(22(26)27)18-11-6-3-7-12-18)19-13-8-14-20(15-19)29-16-17-9-4-2-5-10-17;1-19(2,3)24-18(21)17-12-16(13-20-17)23-11-7-10-22-14-15-8-5-4-6-9-15;/h5-6,8-11,14,16-19,22-23,26,33,36-38H,7,12-13,15,20-21,24-25,27-30H2,1-4H3,(H,43,48);2,4-5,8-10,13-15,18,21H,3,6-7,11-12,16H2,1H3,(H,24,28)(H,26,27);4-6,8-9,16-17,20H,7,10-14H2,1-3H3;1H/t36?,37-,38-;21-;16?,17-;/m000./s1. The van der Waals surface area contributed by atoms with Gasteiger partial charge in [0.05, 0.1) is 25.4 Å². The molecule has 0 spiro atoms. The van der Waals surface area contributed by atoms with Gasteiger partial charge in [0.25, 0.3) is 0 Å². The van der Waals surface area contributed by atoms with Crippen LogP contribution in [0.25, 0.3) is 0 Å². The van der Waals surface area contributed by atoms with Crippen molar-refractivity contribution in [3.05, 3.63) is 192 Å². The largest absolute Gasteiger partial charge is 0.489 e. The first-order chi connectivity index (χ1) is 50.5. The number of carbonyl (C=O) groups is 6. The number of carboxylic acid groups (broad SMARTS) is 1. The van der Waals surface area contributed by atoms with Gasteiger partial charge in [0.2, 0.25) is 5.91 Å². The topological polar surface area (TPSA) is 242 Å². The Morgan fingerprint density at radius 2 is 0.906 bits per heavy atom. The molecule has 576 valence electrons. The fraction of sp³-hybridized carbons (Fsp3) is 0.500. The van der Waals surface area contributed by atoms with E-state index < -0.39 is 53.3 Å². The van der Waals surface area contributed by atoms with Crippen molar-refractivity contribution in [2.24, 2.45) is 11.8 Å². The molecule has 5 amide bonds. The molecule has 6 aromatic rings. The number of halogens is 1. The molecule has 2 aliphatic carbocycles. The average Bonchev–Trinajstić information content (AvgIpc) is 1.67. The summed E-state index contributed by atoms with van der Waals surface area (Å²) in [4.78, 5) is 82.9. The van der Waals surface area contributed by atoms with Crippen LogP contribution in [0, 0.1) is 11.8 Å². The summed E-state index contributed by atoms with van der Waals surface area (Å²) in [6.07, 6.45) is 11.8.